The number of rotatable bonds is 1. The lowest BCUT2D eigenvalue weighted by molar-refractivity contribution is -0.114. The minimum absolute atomic E-state index is 0.000370. The van der Waals surface area contributed by atoms with E-state index in [-0.39, 0.29) is 5.78 Å². The highest BCUT2D eigenvalue weighted by atomic mass is 16.1. The molecular weight excluding hydrogens is 116 g/mol. The summed E-state index contributed by atoms with van der Waals surface area (Å²) in [7, 11) is 0. The molecule has 46 valence electrons. The van der Waals surface area contributed by atoms with Crippen LogP contribution >= 0.6 is 0 Å². The standard InChI is InChI=1S/C7H6O2/c8-5-6-2-1-3-7(9)4-6/h1-2,4-5H,3H2. The van der Waals surface area contributed by atoms with E-state index in [1.54, 1.807) is 12.2 Å². The molecule has 0 amide bonds. The predicted molar refractivity (Wildman–Crippen MR) is 32.9 cm³/mol. The van der Waals surface area contributed by atoms with Crippen LogP contribution < -0.4 is 0 Å². The molecule has 0 atom stereocenters. The molecule has 0 bridgehead atoms. The minimum Gasteiger partial charge on any atom is -0.298 e. The number of aldehydes is 1. The number of carbonyl (C=O) groups is 2. The summed E-state index contributed by atoms with van der Waals surface area (Å²) in [6, 6.07) is 0. The molecule has 0 saturated carbocycles. The van der Waals surface area contributed by atoms with Crippen molar-refractivity contribution in [1.29, 1.82) is 0 Å². The second-order valence-electron chi connectivity index (χ2n) is 1.83. The summed E-state index contributed by atoms with van der Waals surface area (Å²) in [5.41, 5.74) is 0.464. The van der Waals surface area contributed by atoms with E-state index in [4.69, 9.17) is 0 Å². The van der Waals surface area contributed by atoms with Crippen molar-refractivity contribution in [2.45, 2.75) is 6.42 Å². The number of hydrogen-bond acceptors (Lipinski definition) is 2. The van der Waals surface area contributed by atoms with Gasteiger partial charge in [0.05, 0.1) is 0 Å². The topological polar surface area (TPSA) is 34.1 Å². The molecule has 0 N–H and O–H groups in total. The van der Waals surface area contributed by atoms with Gasteiger partial charge in [-0.3, -0.25) is 9.59 Å². The molecule has 0 aliphatic heterocycles. The van der Waals surface area contributed by atoms with Crippen molar-refractivity contribution >= 4 is 12.1 Å². The van der Waals surface area contributed by atoms with E-state index in [0.717, 1.165) is 0 Å². The number of carbonyl (C=O) groups excluding carboxylic acids is 2. The van der Waals surface area contributed by atoms with Crippen molar-refractivity contribution in [2.75, 3.05) is 0 Å². The van der Waals surface area contributed by atoms with Crippen molar-refractivity contribution in [1.82, 2.24) is 0 Å². The normalized spacial score (nSPS) is 17.3. The van der Waals surface area contributed by atoms with Crippen LogP contribution in [0.4, 0.5) is 0 Å². The third-order valence-corrected chi connectivity index (χ3v) is 1.09. The van der Waals surface area contributed by atoms with Crippen LogP contribution in [0.3, 0.4) is 0 Å². The lowest BCUT2D eigenvalue weighted by Crippen LogP contribution is -1.97. The van der Waals surface area contributed by atoms with Crippen LogP contribution in [-0.2, 0) is 9.59 Å². The van der Waals surface area contributed by atoms with Gasteiger partial charge in [0.2, 0.25) is 0 Å². The van der Waals surface area contributed by atoms with Gasteiger partial charge in [0, 0.05) is 12.0 Å². The van der Waals surface area contributed by atoms with E-state index in [1.165, 1.54) is 6.08 Å². The summed E-state index contributed by atoms with van der Waals surface area (Å²) in [5.74, 6) is -0.000370. The van der Waals surface area contributed by atoms with Crippen LogP contribution in [0, 0.1) is 0 Å². The highest BCUT2D eigenvalue weighted by molar-refractivity contribution is 5.98. The van der Waals surface area contributed by atoms with Crippen LogP contribution in [0.15, 0.2) is 23.8 Å². The van der Waals surface area contributed by atoms with Crippen molar-refractivity contribution < 1.29 is 9.59 Å². The van der Waals surface area contributed by atoms with Crippen molar-refractivity contribution in [2.24, 2.45) is 0 Å². The van der Waals surface area contributed by atoms with Gasteiger partial charge in [-0.1, -0.05) is 12.2 Å². The summed E-state index contributed by atoms with van der Waals surface area (Å²) in [6.45, 7) is 0. The molecule has 1 rings (SSSR count). The Morgan fingerprint density at radius 3 is 2.78 bits per heavy atom. The van der Waals surface area contributed by atoms with Gasteiger partial charge in [0.15, 0.2) is 5.78 Å². The molecule has 0 spiro atoms. The second kappa shape index (κ2) is 2.40. The van der Waals surface area contributed by atoms with Crippen LogP contribution in [-0.4, -0.2) is 12.1 Å². The Labute approximate surface area is 52.9 Å². The first-order valence-electron chi connectivity index (χ1n) is 2.69. The Morgan fingerprint density at radius 2 is 2.33 bits per heavy atom. The molecule has 1 aliphatic rings. The lowest BCUT2D eigenvalue weighted by atomic mass is 10.1. The quantitative estimate of drug-likeness (QED) is 0.478. The molecule has 1 aliphatic carbocycles. The smallest absolute Gasteiger partial charge is 0.160 e. The molecule has 0 radical (unpaired) electrons. The first kappa shape index (κ1) is 5.95. The molecule has 2 nitrogen and oxygen atoms in total. The van der Waals surface area contributed by atoms with Crippen molar-refractivity contribution in [3.8, 4) is 0 Å². The highest BCUT2D eigenvalue weighted by Crippen LogP contribution is 2.02. The SMILES string of the molecule is O=CC1=CC(=O)CC=C1. The molecule has 0 aromatic rings. The third kappa shape index (κ3) is 1.35. The molecule has 9 heavy (non-hydrogen) atoms. The Bertz CT molecular complexity index is 199. The summed E-state index contributed by atoms with van der Waals surface area (Å²) >= 11 is 0. The number of ketones is 1. The lowest BCUT2D eigenvalue weighted by Gasteiger charge is -1.95. The van der Waals surface area contributed by atoms with E-state index in [9.17, 15) is 9.59 Å². The summed E-state index contributed by atoms with van der Waals surface area (Å²) in [5, 5.41) is 0. The maximum Gasteiger partial charge on any atom is 0.160 e. The average molecular weight is 122 g/mol. The second-order valence-corrected chi connectivity index (χ2v) is 1.83. The van der Waals surface area contributed by atoms with Gasteiger partial charge >= 0.3 is 0 Å². The van der Waals surface area contributed by atoms with E-state index in [1.807, 2.05) is 0 Å². The van der Waals surface area contributed by atoms with Crippen LogP contribution in [0.2, 0.25) is 0 Å². The molecule has 0 heterocycles. The monoisotopic (exact) mass is 122 g/mol. The van der Waals surface area contributed by atoms with E-state index >= 15 is 0 Å². The van der Waals surface area contributed by atoms with Gasteiger partial charge in [-0.2, -0.15) is 0 Å². The van der Waals surface area contributed by atoms with Gasteiger partial charge in [-0.15, -0.1) is 0 Å². The summed E-state index contributed by atoms with van der Waals surface area (Å²) in [6.07, 6.45) is 5.79. The van der Waals surface area contributed by atoms with Gasteiger partial charge in [0.1, 0.15) is 6.29 Å². The summed E-state index contributed by atoms with van der Waals surface area (Å²) in [4.78, 5) is 20.6. The minimum atomic E-state index is -0.000370. The van der Waals surface area contributed by atoms with Gasteiger partial charge in [-0.25, -0.2) is 0 Å². The van der Waals surface area contributed by atoms with Crippen molar-refractivity contribution in [3.63, 3.8) is 0 Å². The van der Waals surface area contributed by atoms with E-state index in [2.05, 4.69) is 0 Å². The first-order chi connectivity index (χ1) is 4.33. The fraction of sp³-hybridized carbons (Fsp3) is 0.143. The largest absolute Gasteiger partial charge is 0.298 e. The maximum atomic E-state index is 10.5. The molecule has 0 saturated heterocycles. The average Bonchev–Trinajstić information content (AvgIpc) is 1.88. The number of hydrogen-bond donors (Lipinski definition) is 0. The fourth-order valence-electron chi connectivity index (χ4n) is 0.677. The van der Waals surface area contributed by atoms with E-state index in [0.29, 0.717) is 18.3 Å². The molecule has 2 heteroatoms. The van der Waals surface area contributed by atoms with Gasteiger partial charge < -0.3 is 0 Å². The Morgan fingerprint density at radius 1 is 1.56 bits per heavy atom. The summed E-state index contributed by atoms with van der Waals surface area (Å²) < 4.78 is 0. The molecular formula is C7H6O2. The maximum absolute atomic E-state index is 10.5. The van der Waals surface area contributed by atoms with Gasteiger partial charge in [-0.05, 0) is 6.08 Å². The Balaban J connectivity index is 2.82. The first-order valence-corrected chi connectivity index (χ1v) is 2.69. The Kier molecular flexibility index (Phi) is 1.58. The zero-order valence-electron chi connectivity index (χ0n) is 4.83. The zero-order valence-corrected chi connectivity index (χ0v) is 4.83. The predicted octanol–water partition coefficient (Wildman–Crippen LogP) is 0.641. The fourth-order valence-corrected chi connectivity index (χ4v) is 0.677. The highest BCUT2D eigenvalue weighted by Gasteiger charge is 2.01. The number of allylic oxidation sites excluding steroid dienone is 4. The van der Waals surface area contributed by atoms with E-state index < -0.39 is 0 Å². The molecule has 0 aromatic heterocycles. The van der Waals surface area contributed by atoms with Crippen LogP contribution in [0.25, 0.3) is 0 Å². The van der Waals surface area contributed by atoms with Gasteiger partial charge in [0.25, 0.3) is 0 Å². The van der Waals surface area contributed by atoms with Crippen molar-refractivity contribution in [3.05, 3.63) is 23.8 Å². The van der Waals surface area contributed by atoms with Crippen LogP contribution in [0.5, 0.6) is 0 Å². The van der Waals surface area contributed by atoms with Crippen LogP contribution in [0.1, 0.15) is 6.42 Å². The molecule has 0 unspecified atom stereocenters. The Hall–Kier alpha value is -1.18. The zero-order chi connectivity index (χ0) is 6.69. The molecule has 0 fully saturated rings. The third-order valence-electron chi connectivity index (χ3n) is 1.09. The molecule has 0 aromatic carbocycles.